The van der Waals surface area contributed by atoms with Crippen LogP contribution in [0.25, 0.3) is 0 Å². The van der Waals surface area contributed by atoms with Gasteiger partial charge in [-0.2, -0.15) is 0 Å². The number of hydrogen-bond acceptors (Lipinski definition) is 4. The summed E-state index contributed by atoms with van der Waals surface area (Å²) in [4.78, 5) is 11.2. The molecule has 1 N–H and O–H groups in total. The van der Waals surface area contributed by atoms with Gasteiger partial charge in [0.25, 0.3) is 0 Å². The lowest BCUT2D eigenvalue weighted by molar-refractivity contribution is 0.937. The Morgan fingerprint density at radius 2 is 1.90 bits per heavy atom. The Balaban J connectivity index is 1.59. The smallest absolute Gasteiger partial charge is 0.128 e. The molecule has 0 aromatic carbocycles. The fraction of sp³-hybridized carbons (Fsp3) is 0.375. The van der Waals surface area contributed by atoms with Crippen molar-refractivity contribution in [2.24, 2.45) is 0 Å². The Hall–Kier alpha value is -2.10. The number of aryl methyl sites for hydroxylation is 1. The van der Waals surface area contributed by atoms with Gasteiger partial charge in [0.15, 0.2) is 0 Å². The van der Waals surface area contributed by atoms with E-state index in [0.29, 0.717) is 0 Å². The number of nitrogens with zero attached hydrogens (tertiary/aromatic N) is 3. The van der Waals surface area contributed by atoms with E-state index in [-0.39, 0.29) is 0 Å². The van der Waals surface area contributed by atoms with Crippen LogP contribution in [0.1, 0.15) is 24.1 Å². The predicted octanol–water partition coefficient (Wildman–Crippen LogP) is 3.00. The van der Waals surface area contributed by atoms with Gasteiger partial charge in [-0.25, -0.2) is 4.98 Å². The van der Waals surface area contributed by atoms with Crippen molar-refractivity contribution >= 4 is 11.5 Å². The SMILES string of the molecule is Cc1ccc(CNc2ccc(N3CCCC3)nc2)cn1. The lowest BCUT2D eigenvalue weighted by Gasteiger charge is -2.16. The summed E-state index contributed by atoms with van der Waals surface area (Å²) in [5, 5.41) is 3.38. The topological polar surface area (TPSA) is 41.0 Å². The summed E-state index contributed by atoms with van der Waals surface area (Å²) < 4.78 is 0. The maximum atomic E-state index is 4.53. The molecule has 0 radical (unpaired) electrons. The van der Waals surface area contributed by atoms with Gasteiger partial charge >= 0.3 is 0 Å². The van der Waals surface area contributed by atoms with Gasteiger partial charge in [-0.3, -0.25) is 4.98 Å². The lowest BCUT2D eigenvalue weighted by Crippen LogP contribution is -2.18. The zero-order valence-corrected chi connectivity index (χ0v) is 11.8. The van der Waals surface area contributed by atoms with Crippen LogP contribution in [0.2, 0.25) is 0 Å². The monoisotopic (exact) mass is 268 g/mol. The zero-order valence-electron chi connectivity index (χ0n) is 11.8. The molecule has 0 spiro atoms. The minimum absolute atomic E-state index is 0.776. The Labute approximate surface area is 119 Å². The second-order valence-corrected chi connectivity index (χ2v) is 5.26. The molecule has 104 valence electrons. The molecule has 20 heavy (non-hydrogen) atoms. The molecule has 0 aliphatic carbocycles. The maximum Gasteiger partial charge on any atom is 0.128 e. The van der Waals surface area contributed by atoms with Gasteiger partial charge in [0.05, 0.1) is 11.9 Å². The number of aromatic nitrogens is 2. The van der Waals surface area contributed by atoms with E-state index in [0.717, 1.165) is 36.8 Å². The van der Waals surface area contributed by atoms with E-state index in [1.54, 1.807) is 0 Å². The van der Waals surface area contributed by atoms with Crippen molar-refractivity contribution in [2.75, 3.05) is 23.3 Å². The average Bonchev–Trinajstić information content (AvgIpc) is 3.01. The van der Waals surface area contributed by atoms with Crippen LogP contribution in [0, 0.1) is 6.92 Å². The fourth-order valence-electron chi connectivity index (χ4n) is 2.43. The molecule has 1 fully saturated rings. The molecule has 2 aromatic heterocycles. The summed E-state index contributed by atoms with van der Waals surface area (Å²) in [7, 11) is 0. The molecule has 1 aliphatic rings. The van der Waals surface area contributed by atoms with Crippen LogP contribution in [0.5, 0.6) is 0 Å². The molecule has 3 rings (SSSR count). The van der Waals surface area contributed by atoms with Crippen LogP contribution >= 0.6 is 0 Å². The van der Waals surface area contributed by atoms with E-state index in [1.807, 2.05) is 25.4 Å². The number of pyridine rings is 2. The van der Waals surface area contributed by atoms with Crippen LogP contribution in [0.15, 0.2) is 36.7 Å². The van der Waals surface area contributed by atoms with Gasteiger partial charge in [-0.1, -0.05) is 6.07 Å². The first-order chi connectivity index (χ1) is 9.81. The first kappa shape index (κ1) is 12.9. The van der Waals surface area contributed by atoms with E-state index < -0.39 is 0 Å². The largest absolute Gasteiger partial charge is 0.380 e. The molecule has 4 nitrogen and oxygen atoms in total. The van der Waals surface area contributed by atoms with Crippen LogP contribution in [0.3, 0.4) is 0 Å². The van der Waals surface area contributed by atoms with Gasteiger partial charge in [-0.15, -0.1) is 0 Å². The Morgan fingerprint density at radius 1 is 1.05 bits per heavy atom. The van der Waals surface area contributed by atoms with Crippen molar-refractivity contribution in [1.82, 2.24) is 9.97 Å². The van der Waals surface area contributed by atoms with E-state index in [1.165, 1.54) is 18.4 Å². The molecule has 3 heterocycles. The second-order valence-electron chi connectivity index (χ2n) is 5.26. The molecule has 0 saturated carbocycles. The molecule has 0 bridgehead atoms. The molecule has 4 heteroatoms. The Bertz CT molecular complexity index is 542. The van der Waals surface area contributed by atoms with Gasteiger partial charge in [0.2, 0.25) is 0 Å². The van der Waals surface area contributed by atoms with Crippen molar-refractivity contribution in [1.29, 1.82) is 0 Å². The number of nitrogens with one attached hydrogen (secondary N) is 1. The van der Waals surface area contributed by atoms with E-state index in [9.17, 15) is 0 Å². The third kappa shape index (κ3) is 3.07. The Morgan fingerprint density at radius 3 is 2.55 bits per heavy atom. The first-order valence-electron chi connectivity index (χ1n) is 7.18. The highest BCUT2D eigenvalue weighted by Crippen LogP contribution is 2.19. The molecule has 0 amide bonds. The highest BCUT2D eigenvalue weighted by Gasteiger charge is 2.12. The highest BCUT2D eigenvalue weighted by molar-refractivity contribution is 5.49. The summed E-state index contributed by atoms with van der Waals surface area (Å²) in [6, 6.07) is 8.33. The molecular formula is C16H20N4. The fourth-order valence-corrected chi connectivity index (χ4v) is 2.43. The molecule has 0 atom stereocenters. The van der Waals surface area contributed by atoms with Gasteiger partial charge in [-0.05, 0) is 43.5 Å². The molecule has 0 unspecified atom stereocenters. The van der Waals surface area contributed by atoms with Gasteiger partial charge in [0, 0.05) is 31.5 Å². The summed E-state index contributed by atoms with van der Waals surface area (Å²) >= 11 is 0. The summed E-state index contributed by atoms with van der Waals surface area (Å²) in [5.41, 5.74) is 3.28. The van der Waals surface area contributed by atoms with Crippen LogP contribution in [0.4, 0.5) is 11.5 Å². The van der Waals surface area contributed by atoms with Crippen molar-refractivity contribution in [3.8, 4) is 0 Å². The van der Waals surface area contributed by atoms with Gasteiger partial charge in [0.1, 0.15) is 5.82 Å². The summed E-state index contributed by atoms with van der Waals surface area (Å²) in [5.74, 6) is 1.09. The second kappa shape index (κ2) is 5.90. The van der Waals surface area contributed by atoms with E-state index >= 15 is 0 Å². The van der Waals surface area contributed by atoms with Gasteiger partial charge < -0.3 is 10.2 Å². The van der Waals surface area contributed by atoms with E-state index in [2.05, 4.69) is 38.4 Å². The van der Waals surface area contributed by atoms with Crippen LogP contribution in [-0.2, 0) is 6.54 Å². The molecule has 2 aromatic rings. The highest BCUT2D eigenvalue weighted by atomic mass is 15.2. The Kier molecular flexibility index (Phi) is 3.81. The van der Waals surface area contributed by atoms with E-state index in [4.69, 9.17) is 0 Å². The van der Waals surface area contributed by atoms with Crippen LogP contribution < -0.4 is 10.2 Å². The standard InChI is InChI=1S/C16H20N4/c1-13-4-5-14(10-17-13)11-18-15-6-7-16(19-12-15)20-8-2-3-9-20/h4-7,10,12,18H,2-3,8-9,11H2,1H3. The third-order valence-corrected chi connectivity index (χ3v) is 3.65. The third-order valence-electron chi connectivity index (χ3n) is 3.65. The summed E-state index contributed by atoms with van der Waals surface area (Å²) in [6.45, 7) is 5.04. The van der Waals surface area contributed by atoms with Crippen molar-refractivity contribution in [2.45, 2.75) is 26.3 Å². The van der Waals surface area contributed by atoms with Crippen molar-refractivity contribution < 1.29 is 0 Å². The zero-order chi connectivity index (χ0) is 13.8. The van der Waals surface area contributed by atoms with Crippen molar-refractivity contribution in [3.05, 3.63) is 47.9 Å². The molecule has 1 saturated heterocycles. The molecular weight excluding hydrogens is 248 g/mol. The maximum absolute atomic E-state index is 4.53. The minimum atomic E-state index is 0.776. The first-order valence-corrected chi connectivity index (χ1v) is 7.18. The predicted molar refractivity (Wildman–Crippen MR) is 82.0 cm³/mol. The van der Waals surface area contributed by atoms with Crippen molar-refractivity contribution in [3.63, 3.8) is 0 Å². The summed E-state index contributed by atoms with van der Waals surface area (Å²) in [6.07, 6.45) is 6.38. The number of rotatable bonds is 4. The number of hydrogen-bond donors (Lipinski definition) is 1. The quantitative estimate of drug-likeness (QED) is 0.925. The van der Waals surface area contributed by atoms with Crippen LogP contribution in [-0.4, -0.2) is 23.1 Å². The number of anilines is 2. The minimum Gasteiger partial charge on any atom is -0.380 e. The normalized spacial score (nSPS) is 14.6. The average molecular weight is 268 g/mol. The molecule has 1 aliphatic heterocycles. The lowest BCUT2D eigenvalue weighted by atomic mass is 10.2.